The van der Waals surface area contributed by atoms with E-state index in [-0.39, 0.29) is 11.3 Å². The maximum Gasteiger partial charge on any atom is 0.460 e. The minimum atomic E-state index is -7.43. The Morgan fingerprint density at radius 1 is 0.714 bits per heavy atom. The first-order chi connectivity index (χ1) is 22.3. The van der Waals surface area contributed by atoms with Crippen molar-refractivity contribution in [2.45, 2.75) is 50.8 Å². The lowest BCUT2D eigenvalue weighted by Gasteiger charge is -2.34. The molecule has 0 aliphatic carbocycles. The van der Waals surface area contributed by atoms with E-state index in [1.165, 1.54) is 19.1 Å². The predicted molar refractivity (Wildman–Crippen MR) is 148 cm³/mol. The Morgan fingerprint density at radius 2 is 1.12 bits per heavy atom. The Bertz CT molecular complexity index is 1680. The van der Waals surface area contributed by atoms with Crippen LogP contribution in [0.15, 0.2) is 112 Å². The minimum absolute atomic E-state index is 0.0330. The number of carbonyl (C=O) groups is 2. The van der Waals surface area contributed by atoms with Crippen LogP contribution in [0.2, 0.25) is 0 Å². The molecule has 49 heavy (non-hydrogen) atoms. The summed E-state index contributed by atoms with van der Waals surface area (Å²) in [6.07, 6.45) is -7.16. The van der Waals surface area contributed by atoms with Gasteiger partial charge in [-0.2, -0.15) is 48.3 Å². The highest BCUT2D eigenvalue weighted by Crippen LogP contribution is 2.54. The van der Waals surface area contributed by atoms with Gasteiger partial charge in [0.05, 0.1) is 10.9 Å². The van der Waals surface area contributed by atoms with Gasteiger partial charge in [0.1, 0.15) is 5.75 Å². The zero-order valence-electron chi connectivity index (χ0n) is 24.3. The Morgan fingerprint density at radius 3 is 1.49 bits per heavy atom. The average molecular weight is 755 g/mol. The van der Waals surface area contributed by atoms with Crippen molar-refractivity contribution in [1.29, 1.82) is 0 Å². The molecule has 0 aromatic heterocycles. The molecule has 0 unspecified atom stereocenters. The number of carbonyl (C=O) groups excluding carboxylic acids is 2. The van der Waals surface area contributed by atoms with Gasteiger partial charge in [-0.3, -0.25) is 0 Å². The van der Waals surface area contributed by atoms with Gasteiger partial charge in [0.2, 0.25) is 0 Å². The largest absolute Gasteiger partial charge is 0.743 e. The van der Waals surface area contributed by atoms with Crippen LogP contribution >= 0.6 is 0 Å². The monoisotopic (exact) mass is 754 g/mol. The highest BCUT2D eigenvalue weighted by molar-refractivity contribution is 7.97. The quantitative estimate of drug-likeness (QED) is 0.0502. The second-order valence-corrected chi connectivity index (χ2v) is 12.9. The first kappa shape index (κ1) is 41.0. The third-order valence-corrected chi connectivity index (χ3v) is 8.80. The molecular weight excluding hydrogens is 733 g/mol. The maximum absolute atomic E-state index is 14.0. The summed E-state index contributed by atoms with van der Waals surface area (Å²) in [7, 11) is -7.84. The van der Waals surface area contributed by atoms with E-state index in [0.717, 1.165) is 14.7 Å². The van der Waals surface area contributed by atoms with Gasteiger partial charge in [-0.05, 0) is 55.5 Å². The van der Waals surface area contributed by atoms with Crippen molar-refractivity contribution in [2.75, 3.05) is 6.61 Å². The van der Waals surface area contributed by atoms with Gasteiger partial charge in [0.15, 0.2) is 31.4 Å². The first-order valence-corrected chi connectivity index (χ1v) is 15.4. The fourth-order valence-electron chi connectivity index (χ4n) is 3.20. The molecule has 7 nitrogen and oxygen atoms in total. The zero-order chi connectivity index (χ0) is 37.6. The molecule has 0 saturated heterocycles. The molecule has 20 heteroatoms. The Labute approximate surface area is 273 Å². The third kappa shape index (κ3) is 9.50. The summed E-state index contributed by atoms with van der Waals surface area (Å²) >= 11 is 0. The molecule has 0 N–H and O–H groups in total. The molecule has 0 bridgehead atoms. The molecule has 3 aromatic carbocycles. The number of alkyl halides is 11. The van der Waals surface area contributed by atoms with Gasteiger partial charge in [0, 0.05) is 5.57 Å². The van der Waals surface area contributed by atoms with Crippen molar-refractivity contribution < 1.29 is 80.3 Å². The van der Waals surface area contributed by atoms with Crippen LogP contribution in [0.4, 0.5) is 48.3 Å². The Balaban J connectivity index is 0.000000417. The minimum Gasteiger partial charge on any atom is -0.743 e. The van der Waals surface area contributed by atoms with E-state index in [0.29, 0.717) is 0 Å². The summed E-state index contributed by atoms with van der Waals surface area (Å²) in [4.78, 5) is 26.3. The van der Waals surface area contributed by atoms with Gasteiger partial charge in [0.25, 0.3) is 0 Å². The SMILES string of the molecule is C=C(C)C(=O)OCC(F)(F)C(=O)Oc1ccc([S+](c2ccccc2)c2ccccc2)cc1.O=S(=O)([O-])C(F)(F)C(F)(F)C(F)(F)C(F)(F)F. The molecule has 3 aromatic rings. The van der Waals surface area contributed by atoms with Gasteiger partial charge >= 0.3 is 41.1 Å². The standard InChI is InChI=1S/C25H21F2O4S.C4HF9O3S/c1-18(2)23(28)30-17-25(26,27)24(29)31-19-13-15-22(16-14-19)32(20-9-5-3-6-10-20)21-11-7-4-8-12-21;5-1(6,3(9,10)11)2(7,8)4(12,13)17(14,15)16/h3-16H,1,17H2,2H3;(H,14,15,16)/q+1;/p-1. The number of esters is 2. The fourth-order valence-corrected chi connectivity index (χ4v) is 5.73. The van der Waals surface area contributed by atoms with Crippen LogP contribution in [0.25, 0.3) is 0 Å². The highest BCUT2D eigenvalue weighted by atomic mass is 32.2. The molecule has 0 heterocycles. The molecular formula is C29H21F11O7S2. The number of hydrogen-bond donors (Lipinski definition) is 0. The normalized spacial score (nSPS) is 12.9. The number of hydrogen-bond acceptors (Lipinski definition) is 7. The lowest BCUT2D eigenvalue weighted by molar-refractivity contribution is -0.382. The van der Waals surface area contributed by atoms with Crippen LogP contribution in [-0.4, -0.2) is 60.7 Å². The summed E-state index contributed by atoms with van der Waals surface area (Å²) in [5, 5.41) is -7.11. The highest BCUT2D eigenvalue weighted by Gasteiger charge is 2.83. The second kappa shape index (κ2) is 15.2. The van der Waals surface area contributed by atoms with E-state index in [4.69, 9.17) is 4.74 Å². The van der Waals surface area contributed by atoms with Crippen LogP contribution in [0, 0.1) is 0 Å². The Kier molecular flexibility index (Phi) is 12.7. The lowest BCUT2D eigenvalue weighted by atomic mass is 10.1. The molecule has 3 rings (SSSR count). The maximum atomic E-state index is 14.0. The fraction of sp³-hybridized carbons (Fsp3) is 0.241. The number of halogens is 11. The van der Waals surface area contributed by atoms with Crippen molar-refractivity contribution in [3.05, 3.63) is 97.1 Å². The molecule has 0 aliphatic rings. The van der Waals surface area contributed by atoms with E-state index in [1.807, 2.05) is 60.7 Å². The molecule has 0 spiro atoms. The number of benzene rings is 3. The first-order valence-electron chi connectivity index (χ1n) is 12.8. The van der Waals surface area contributed by atoms with Gasteiger partial charge in [-0.1, -0.05) is 43.0 Å². The molecule has 0 amide bonds. The topological polar surface area (TPSA) is 110 Å². The molecule has 0 saturated carbocycles. The van der Waals surface area contributed by atoms with Crippen LogP contribution in [-0.2, 0) is 35.3 Å². The summed E-state index contributed by atoms with van der Waals surface area (Å²) in [5.74, 6) is -21.6. The average Bonchev–Trinajstić information content (AvgIpc) is 3.01. The third-order valence-electron chi connectivity index (χ3n) is 5.69. The van der Waals surface area contributed by atoms with E-state index >= 15 is 0 Å². The Hall–Kier alpha value is -4.17. The van der Waals surface area contributed by atoms with E-state index in [1.54, 1.807) is 12.1 Å². The van der Waals surface area contributed by atoms with Crippen molar-refractivity contribution in [2.24, 2.45) is 0 Å². The summed E-state index contributed by atoms with van der Waals surface area (Å²) in [5.41, 5.74) is -0.0445. The van der Waals surface area contributed by atoms with Crippen molar-refractivity contribution >= 4 is 33.0 Å². The summed E-state index contributed by atoms with van der Waals surface area (Å²) < 4.78 is 173. The number of ether oxygens (including phenoxy) is 2. The zero-order valence-corrected chi connectivity index (χ0v) is 26.0. The smallest absolute Gasteiger partial charge is 0.460 e. The van der Waals surface area contributed by atoms with Crippen LogP contribution < -0.4 is 4.74 Å². The molecule has 0 radical (unpaired) electrons. The number of rotatable bonds is 11. The van der Waals surface area contributed by atoms with E-state index in [9.17, 15) is 70.9 Å². The van der Waals surface area contributed by atoms with Crippen molar-refractivity contribution in [3.63, 3.8) is 0 Å². The molecule has 0 atom stereocenters. The van der Waals surface area contributed by atoms with E-state index in [2.05, 4.69) is 11.3 Å². The second-order valence-electron chi connectivity index (χ2n) is 9.47. The summed E-state index contributed by atoms with van der Waals surface area (Å²) in [6.45, 7) is 3.20. The molecule has 0 fully saturated rings. The summed E-state index contributed by atoms with van der Waals surface area (Å²) in [6, 6.07) is 26.2. The molecule has 268 valence electrons. The van der Waals surface area contributed by atoms with Crippen LogP contribution in [0.1, 0.15) is 6.92 Å². The van der Waals surface area contributed by atoms with Gasteiger partial charge in [-0.25, -0.2) is 18.0 Å². The lowest BCUT2D eigenvalue weighted by Crippen LogP contribution is -2.63. The van der Waals surface area contributed by atoms with Gasteiger partial charge in [-0.15, -0.1) is 0 Å². The predicted octanol–water partition coefficient (Wildman–Crippen LogP) is 7.40. The van der Waals surface area contributed by atoms with Crippen LogP contribution in [0.5, 0.6) is 5.75 Å². The van der Waals surface area contributed by atoms with E-state index < -0.39 is 68.8 Å². The molecule has 0 aliphatic heterocycles. The van der Waals surface area contributed by atoms with Crippen molar-refractivity contribution in [3.8, 4) is 5.75 Å². The van der Waals surface area contributed by atoms with Crippen molar-refractivity contribution in [1.82, 2.24) is 0 Å². The van der Waals surface area contributed by atoms with Gasteiger partial charge < -0.3 is 14.0 Å². The van der Waals surface area contributed by atoms with Crippen LogP contribution in [0.3, 0.4) is 0 Å².